The third-order valence-corrected chi connectivity index (χ3v) is 1.77. The molecule has 58 valence electrons. The minimum Gasteiger partial charge on any atom is -0.294 e. The molecule has 0 amide bonds. The highest BCUT2D eigenvalue weighted by atomic mass is 32.1. The van der Waals surface area contributed by atoms with Crippen LogP contribution in [0.1, 0.15) is 26.7 Å². The van der Waals surface area contributed by atoms with Crippen molar-refractivity contribution in [3.05, 3.63) is 0 Å². The largest absolute Gasteiger partial charge is 0.294 e. The molecule has 0 unspecified atom stereocenters. The van der Waals surface area contributed by atoms with Gasteiger partial charge < -0.3 is 0 Å². The van der Waals surface area contributed by atoms with Gasteiger partial charge in [-0.3, -0.25) is 10.9 Å². The molecule has 0 aromatic carbocycles. The molecular formula is C6H12N2S2. The van der Waals surface area contributed by atoms with Gasteiger partial charge in [0.2, 0.25) is 0 Å². The van der Waals surface area contributed by atoms with Crippen molar-refractivity contribution in [2.24, 2.45) is 0 Å². The standard InChI is InChI=1S/C6H12N2S2/c1-3-5(9)7-8-6(10)4-2/h3-4H2,1-2H3,(H,7,9)(H,8,10). The van der Waals surface area contributed by atoms with Crippen LogP contribution in [0, 0.1) is 0 Å². The van der Waals surface area contributed by atoms with E-state index in [-0.39, 0.29) is 0 Å². The van der Waals surface area contributed by atoms with E-state index in [4.69, 9.17) is 24.4 Å². The number of nitrogens with one attached hydrogen (secondary N) is 2. The minimum absolute atomic E-state index is 0.788. The van der Waals surface area contributed by atoms with Crippen molar-refractivity contribution in [3.63, 3.8) is 0 Å². The van der Waals surface area contributed by atoms with Crippen LogP contribution < -0.4 is 10.9 Å². The first kappa shape index (κ1) is 9.78. The molecular weight excluding hydrogens is 164 g/mol. The minimum atomic E-state index is 0.788. The average Bonchev–Trinajstić information content (AvgIpc) is 1.99. The molecule has 0 rings (SSSR count). The van der Waals surface area contributed by atoms with Crippen LogP contribution >= 0.6 is 24.4 Å². The Hall–Kier alpha value is -0.220. The van der Waals surface area contributed by atoms with Gasteiger partial charge in [-0.2, -0.15) is 0 Å². The third-order valence-electron chi connectivity index (χ3n) is 0.984. The summed E-state index contributed by atoms with van der Waals surface area (Å²) >= 11 is 9.78. The molecule has 0 aliphatic carbocycles. The molecule has 0 aromatic rings. The SMILES string of the molecule is CCC(=S)NNC(=S)CC. The smallest absolute Gasteiger partial charge is 0.0937 e. The van der Waals surface area contributed by atoms with E-state index >= 15 is 0 Å². The summed E-state index contributed by atoms with van der Waals surface area (Å²) in [6, 6.07) is 0. The molecule has 0 spiro atoms. The normalized spacial score (nSPS) is 8.60. The highest BCUT2D eigenvalue weighted by Gasteiger charge is 1.91. The molecule has 0 fully saturated rings. The van der Waals surface area contributed by atoms with E-state index in [1.165, 1.54) is 0 Å². The van der Waals surface area contributed by atoms with Crippen LogP contribution in [-0.2, 0) is 0 Å². The van der Waals surface area contributed by atoms with Crippen molar-refractivity contribution in [2.45, 2.75) is 26.7 Å². The molecule has 10 heavy (non-hydrogen) atoms. The van der Waals surface area contributed by atoms with Gasteiger partial charge in [0, 0.05) is 0 Å². The Morgan fingerprint density at radius 3 is 1.50 bits per heavy atom. The van der Waals surface area contributed by atoms with Gasteiger partial charge in [0.05, 0.1) is 9.98 Å². The first-order chi connectivity index (χ1) is 4.70. The first-order valence-electron chi connectivity index (χ1n) is 3.28. The number of hydrogen-bond acceptors (Lipinski definition) is 2. The molecule has 2 nitrogen and oxygen atoms in total. The number of thiocarbonyl (C=S) groups is 2. The summed E-state index contributed by atoms with van der Waals surface area (Å²) < 4.78 is 0. The molecule has 4 heteroatoms. The van der Waals surface area contributed by atoms with Gasteiger partial charge in [-0.15, -0.1) is 0 Å². The fourth-order valence-corrected chi connectivity index (χ4v) is 0.418. The van der Waals surface area contributed by atoms with E-state index in [9.17, 15) is 0 Å². The summed E-state index contributed by atoms with van der Waals surface area (Å²) in [5.41, 5.74) is 5.65. The van der Waals surface area contributed by atoms with Gasteiger partial charge in [0.1, 0.15) is 0 Å². The van der Waals surface area contributed by atoms with Crippen molar-refractivity contribution in [3.8, 4) is 0 Å². The predicted octanol–water partition coefficient (Wildman–Crippen LogP) is 1.56. The lowest BCUT2D eigenvalue weighted by molar-refractivity contribution is 0.853. The molecule has 0 aliphatic heterocycles. The van der Waals surface area contributed by atoms with Crippen LogP contribution in [-0.4, -0.2) is 9.98 Å². The Balaban J connectivity index is 3.35. The lowest BCUT2D eigenvalue weighted by atomic mass is 10.5. The van der Waals surface area contributed by atoms with Gasteiger partial charge in [-0.1, -0.05) is 38.3 Å². The van der Waals surface area contributed by atoms with E-state index in [1.807, 2.05) is 13.8 Å². The number of rotatable bonds is 2. The molecule has 0 aliphatic rings. The van der Waals surface area contributed by atoms with Crippen LogP contribution in [0.4, 0.5) is 0 Å². The second-order valence-corrected chi connectivity index (χ2v) is 2.79. The Bertz CT molecular complexity index is 118. The molecule has 0 saturated heterocycles. The van der Waals surface area contributed by atoms with Gasteiger partial charge in [-0.05, 0) is 12.8 Å². The maximum Gasteiger partial charge on any atom is 0.0937 e. The van der Waals surface area contributed by atoms with E-state index in [0.29, 0.717) is 0 Å². The van der Waals surface area contributed by atoms with Gasteiger partial charge >= 0.3 is 0 Å². The Morgan fingerprint density at radius 2 is 1.30 bits per heavy atom. The average molecular weight is 176 g/mol. The monoisotopic (exact) mass is 176 g/mol. The predicted molar refractivity (Wildman–Crippen MR) is 52.0 cm³/mol. The molecule has 0 saturated carbocycles. The van der Waals surface area contributed by atoms with Crippen molar-refractivity contribution in [1.29, 1.82) is 0 Å². The highest BCUT2D eigenvalue weighted by molar-refractivity contribution is 7.80. The van der Waals surface area contributed by atoms with E-state index < -0.39 is 0 Å². The van der Waals surface area contributed by atoms with E-state index in [1.54, 1.807) is 0 Å². The maximum absolute atomic E-state index is 4.89. The molecule has 0 radical (unpaired) electrons. The van der Waals surface area contributed by atoms with Crippen molar-refractivity contribution >= 4 is 34.4 Å². The molecule has 0 aromatic heterocycles. The van der Waals surface area contributed by atoms with Crippen molar-refractivity contribution in [2.75, 3.05) is 0 Å². The zero-order valence-corrected chi connectivity index (χ0v) is 7.86. The summed E-state index contributed by atoms with van der Waals surface area (Å²) in [6.45, 7) is 3.98. The van der Waals surface area contributed by atoms with Gasteiger partial charge in [0.15, 0.2) is 0 Å². The van der Waals surface area contributed by atoms with Crippen LogP contribution in [0.3, 0.4) is 0 Å². The molecule has 0 bridgehead atoms. The Labute approximate surface area is 72.4 Å². The first-order valence-corrected chi connectivity index (χ1v) is 4.10. The Morgan fingerprint density at radius 1 is 1.00 bits per heavy atom. The zero-order valence-electron chi connectivity index (χ0n) is 6.23. The summed E-state index contributed by atoms with van der Waals surface area (Å²) in [5.74, 6) is 0. The highest BCUT2D eigenvalue weighted by Crippen LogP contribution is 1.80. The molecule has 0 atom stereocenters. The van der Waals surface area contributed by atoms with E-state index in [2.05, 4.69) is 10.9 Å². The molecule has 2 N–H and O–H groups in total. The fraction of sp³-hybridized carbons (Fsp3) is 0.667. The maximum atomic E-state index is 4.89. The summed E-state index contributed by atoms with van der Waals surface area (Å²) in [6.07, 6.45) is 1.68. The third kappa shape index (κ3) is 4.64. The fourth-order valence-electron chi connectivity index (χ4n) is 0.316. The summed E-state index contributed by atoms with van der Waals surface area (Å²) in [4.78, 5) is 1.58. The lowest BCUT2D eigenvalue weighted by Gasteiger charge is -2.07. The van der Waals surface area contributed by atoms with Crippen molar-refractivity contribution in [1.82, 2.24) is 10.9 Å². The van der Waals surface area contributed by atoms with Crippen LogP contribution in [0.2, 0.25) is 0 Å². The number of hydrazine groups is 1. The second-order valence-electron chi connectivity index (χ2n) is 1.80. The topological polar surface area (TPSA) is 24.1 Å². The zero-order chi connectivity index (χ0) is 7.98. The van der Waals surface area contributed by atoms with Crippen LogP contribution in [0.15, 0.2) is 0 Å². The Kier molecular flexibility index (Phi) is 5.43. The van der Waals surface area contributed by atoms with E-state index in [0.717, 1.165) is 22.8 Å². The second kappa shape index (κ2) is 5.56. The van der Waals surface area contributed by atoms with Gasteiger partial charge in [0.25, 0.3) is 0 Å². The molecule has 0 heterocycles. The summed E-state index contributed by atoms with van der Waals surface area (Å²) in [7, 11) is 0. The van der Waals surface area contributed by atoms with Crippen LogP contribution in [0.5, 0.6) is 0 Å². The van der Waals surface area contributed by atoms with Gasteiger partial charge in [-0.25, -0.2) is 0 Å². The van der Waals surface area contributed by atoms with Crippen molar-refractivity contribution < 1.29 is 0 Å². The lowest BCUT2D eigenvalue weighted by Crippen LogP contribution is -2.39. The quantitative estimate of drug-likeness (QED) is 0.492. The number of hydrogen-bond donors (Lipinski definition) is 2. The van der Waals surface area contributed by atoms with Crippen LogP contribution in [0.25, 0.3) is 0 Å². The summed E-state index contributed by atoms with van der Waals surface area (Å²) in [5, 5.41) is 0.